The van der Waals surface area contributed by atoms with E-state index in [9.17, 15) is 8.42 Å². The summed E-state index contributed by atoms with van der Waals surface area (Å²) in [5.74, 6) is 0. The molecule has 0 radical (unpaired) electrons. The molecule has 0 aromatic carbocycles. The third kappa shape index (κ3) is 9.12. The van der Waals surface area contributed by atoms with Gasteiger partial charge in [-0.1, -0.05) is 0 Å². The summed E-state index contributed by atoms with van der Waals surface area (Å²) in [5, 5.41) is 0. The van der Waals surface area contributed by atoms with Gasteiger partial charge in [0, 0.05) is 0 Å². The third-order valence-corrected chi connectivity index (χ3v) is 0.447. The van der Waals surface area contributed by atoms with Gasteiger partial charge in [0.1, 0.15) is 0 Å². The standard InChI is InChI=1S/CH4O3S.K.H/c1-4-5(2)3;;/h5H,1H3;;. The van der Waals surface area contributed by atoms with Crippen molar-refractivity contribution in [2.45, 2.75) is 0 Å². The molecule has 0 rings (SSSR count). The fourth-order valence-corrected chi connectivity index (χ4v) is 0. The van der Waals surface area contributed by atoms with Gasteiger partial charge in [0.25, 0.3) is 11.0 Å². The Balaban J connectivity index is 0. The molecule has 3 nitrogen and oxygen atoms in total. The van der Waals surface area contributed by atoms with Crippen molar-refractivity contribution in [2.75, 3.05) is 7.11 Å². The fourth-order valence-electron chi connectivity index (χ4n) is 0. The first-order valence-electron chi connectivity index (χ1n) is 0.956. The molecule has 0 N–H and O–H groups in total. The number of hydrogen-bond donors (Lipinski definition) is 1. The minimum atomic E-state index is -2.60. The van der Waals surface area contributed by atoms with E-state index in [0.29, 0.717) is 0 Å². The van der Waals surface area contributed by atoms with E-state index < -0.39 is 11.0 Å². The molecule has 0 aliphatic carbocycles. The number of rotatable bonds is 1. The summed E-state index contributed by atoms with van der Waals surface area (Å²) in [7, 11) is -1.50. The van der Waals surface area contributed by atoms with E-state index in [-0.39, 0.29) is 51.4 Å². The Hall–Kier alpha value is 1.55. The molecule has 6 heavy (non-hydrogen) atoms. The van der Waals surface area contributed by atoms with Crippen molar-refractivity contribution in [1.29, 1.82) is 0 Å². The predicted octanol–water partition coefficient (Wildman–Crippen LogP) is -1.49. The van der Waals surface area contributed by atoms with Crippen LogP contribution in [0.3, 0.4) is 0 Å². The molecule has 34 valence electrons. The zero-order chi connectivity index (χ0) is 4.28. The molecule has 0 bridgehead atoms. The Morgan fingerprint density at radius 3 is 1.67 bits per heavy atom. The molecule has 0 atom stereocenters. The van der Waals surface area contributed by atoms with Gasteiger partial charge in [-0.05, 0) is 0 Å². The van der Waals surface area contributed by atoms with Gasteiger partial charge < -0.3 is 0 Å². The van der Waals surface area contributed by atoms with Crippen molar-refractivity contribution in [2.24, 2.45) is 0 Å². The van der Waals surface area contributed by atoms with Gasteiger partial charge in [0.05, 0.1) is 7.11 Å². The summed E-state index contributed by atoms with van der Waals surface area (Å²) in [6.45, 7) is 0. The molecule has 0 aliphatic rings. The Labute approximate surface area is 80.6 Å². The summed E-state index contributed by atoms with van der Waals surface area (Å²) in [4.78, 5) is 0. The fraction of sp³-hybridized carbons (Fsp3) is 1.00. The van der Waals surface area contributed by atoms with Gasteiger partial charge in [0.15, 0.2) is 0 Å². The molecular weight excluding hydrogens is 131 g/mol. The van der Waals surface area contributed by atoms with Crippen molar-refractivity contribution in [3.8, 4) is 0 Å². The Kier molecular flexibility index (Phi) is 11.5. The third-order valence-electron chi connectivity index (χ3n) is 0.149. The average molecular weight is 136 g/mol. The van der Waals surface area contributed by atoms with E-state index in [4.69, 9.17) is 0 Å². The van der Waals surface area contributed by atoms with E-state index in [0.717, 1.165) is 7.11 Å². The van der Waals surface area contributed by atoms with Crippen LogP contribution in [0.4, 0.5) is 0 Å². The summed E-state index contributed by atoms with van der Waals surface area (Å²) in [5.41, 5.74) is 0. The van der Waals surface area contributed by atoms with Crippen molar-refractivity contribution in [3.63, 3.8) is 0 Å². The van der Waals surface area contributed by atoms with Crippen LogP contribution < -0.4 is 0 Å². The predicted molar refractivity (Wildman–Crippen MR) is 24.5 cm³/mol. The van der Waals surface area contributed by atoms with Gasteiger partial charge in [-0.2, -0.15) is 0 Å². The second kappa shape index (κ2) is 6.55. The maximum atomic E-state index is 9.18. The molecule has 0 fully saturated rings. The van der Waals surface area contributed by atoms with Crippen LogP contribution in [0.25, 0.3) is 0 Å². The van der Waals surface area contributed by atoms with Gasteiger partial charge >= 0.3 is 51.4 Å². The Morgan fingerprint density at radius 1 is 1.50 bits per heavy atom. The zero-order valence-electron chi connectivity index (χ0n) is 2.67. The van der Waals surface area contributed by atoms with Crippen LogP contribution in [0.1, 0.15) is 0 Å². The molecule has 5 heteroatoms. The second-order valence-electron chi connectivity index (χ2n) is 0.406. The maximum absolute atomic E-state index is 9.18. The second-order valence-corrected chi connectivity index (χ2v) is 1.22. The van der Waals surface area contributed by atoms with Gasteiger partial charge in [-0.15, -0.1) is 0 Å². The van der Waals surface area contributed by atoms with Crippen molar-refractivity contribution in [1.82, 2.24) is 0 Å². The minimum absolute atomic E-state index is 0. The normalized spacial score (nSPS) is 7.67. The van der Waals surface area contributed by atoms with E-state index in [1.807, 2.05) is 0 Å². The van der Waals surface area contributed by atoms with Gasteiger partial charge in [0.2, 0.25) is 0 Å². The molecule has 0 amide bonds. The molecule has 0 unspecified atom stereocenters. The van der Waals surface area contributed by atoms with Crippen LogP contribution >= 0.6 is 0 Å². The average Bonchev–Trinajstić information content (AvgIpc) is 1.38. The first kappa shape index (κ1) is 10.5. The summed E-state index contributed by atoms with van der Waals surface area (Å²) in [6.07, 6.45) is 0. The van der Waals surface area contributed by atoms with Crippen LogP contribution in [-0.2, 0) is 15.2 Å². The van der Waals surface area contributed by atoms with E-state index in [1.54, 1.807) is 0 Å². The van der Waals surface area contributed by atoms with E-state index in [2.05, 4.69) is 4.18 Å². The Morgan fingerprint density at radius 2 is 1.67 bits per heavy atom. The quantitative estimate of drug-likeness (QED) is 0.353. The molecule has 0 aliphatic heterocycles. The molecule has 0 saturated carbocycles. The van der Waals surface area contributed by atoms with Crippen LogP contribution in [-0.4, -0.2) is 66.9 Å². The van der Waals surface area contributed by atoms with Gasteiger partial charge in [-0.25, -0.2) is 8.42 Å². The van der Waals surface area contributed by atoms with Crippen LogP contribution in [0.2, 0.25) is 0 Å². The first-order valence-corrected chi connectivity index (χ1v) is 2.05. The van der Waals surface area contributed by atoms with Crippen molar-refractivity contribution in [3.05, 3.63) is 0 Å². The molecule has 0 aromatic heterocycles. The molecule has 0 aromatic rings. The van der Waals surface area contributed by atoms with Crippen LogP contribution in [0.15, 0.2) is 0 Å². The number of thiol groups is 1. The van der Waals surface area contributed by atoms with Crippen molar-refractivity contribution >= 4 is 62.4 Å². The summed E-state index contributed by atoms with van der Waals surface area (Å²) in [6, 6.07) is 0. The summed E-state index contributed by atoms with van der Waals surface area (Å²) < 4.78 is 22.1. The van der Waals surface area contributed by atoms with E-state index in [1.165, 1.54) is 0 Å². The number of hydrogen-bond acceptors (Lipinski definition) is 3. The Bertz CT molecular complexity index is 68.9. The monoisotopic (exact) mass is 136 g/mol. The molecule has 0 heterocycles. The first-order chi connectivity index (χ1) is 2.27. The summed E-state index contributed by atoms with van der Waals surface area (Å²) >= 11 is 0. The van der Waals surface area contributed by atoms with Crippen LogP contribution in [0.5, 0.6) is 0 Å². The SMILES string of the molecule is CO[SH](=O)=O.[KH]. The van der Waals surface area contributed by atoms with Crippen molar-refractivity contribution < 1.29 is 12.6 Å². The zero-order valence-corrected chi connectivity index (χ0v) is 3.57. The molecular formula is CH5KO3S. The molecule has 0 spiro atoms. The van der Waals surface area contributed by atoms with Crippen LogP contribution in [0, 0.1) is 0 Å². The van der Waals surface area contributed by atoms with Gasteiger partial charge in [-0.3, -0.25) is 4.18 Å². The topological polar surface area (TPSA) is 43.4 Å². The molecule has 0 saturated heterocycles. The van der Waals surface area contributed by atoms with E-state index >= 15 is 0 Å².